The average Bonchev–Trinajstić information content (AvgIpc) is 2.82. The normalized spacial score (nSPS) is 34.9. The molecule has 0 aromatic carbocycles. The van der Waals surface area contributed by atoms with Crippen LogP contribution >= 0.6 is 0 Å². The lowest BCUT2D eigenvalue weighted by atomic mass is 9.90. The fourth-order valence-corrected chi connectivity index (χ4v) is 2.21. The molecule has 1 saturated heterocycles. The van der Waals surface area contributed by atoms with Crippen LogP contribution in [0.1, 0.15) is 19.8 Å². The van der Waals surface area contributed by atoms with Gasteiger partial charge in [-0.2, -0.15) is 0 Å². The fraction of sp³-hybridized carbons (Fsp3) is 0.667. The van der Waals surface area contributed by atoms with Gasteiger partial charge in [-0.25, -0.2) is 0 Å². The Hall–Kier alpha value is -1.07. The van der Waals surface area contributed by atoms with Crippen molar-refractivity contribution in [1.82, 2.24) is 16.0 Å². The summed E-state index contributed by atoms with van der Waals surface area (Å²) in [5, 5.41) is 1.96. The molecule has 1 unspecified atom stereocenters. The number of Topliss-reactive ketones (excluding diaryl/α,β-unsaturated/α-hetero) is 1. The highest BCUT2D eigenvalue weighted by Gasteiger charge is 2.56. The molecule has 0 aromatic rings. The van der Waals surface area contributed by atoms with Crippen LogP contribution in [-0.4, -0.2) is 29.5 Å². The lowest BCUT2D eigenvalue weighted by molar-refractivity contribution is -0.116. The zero-order valence-electron chi connectivity index (χ0n) is 8.09. The molecule has 0 radical (unpaired) electrons. The number of hydrogen-bond donors (Lipinski definition) is 2. The summed E-state index contributed by atoms with van der Waals surface area (Å²) in [4.78, 5) is 11.6. The van der Waals surface area contributed by atoms with Gasteiger partial charge in [0.1, 0.15) is 11.3 Å². The largest absolute Gasteiger partial charge is 0.363 e. The first-order valence-corrected chi connectivity index (χ1v) is 4.98. The number of ether oxygens (including phenoxy) is 1. The summed E-state index contributed by atoms with van der Waals surface area (Å²) in [5.74, 6) is 0.185. The van der Waals surface area contributed by atoms with E-state index >= 15 is 0 Å². The van der Waals surface area contributed by atoms with Crippen molar-refractivity contribution in [2.75, 3.05) is 13.2 Å². The van der Waals surface area contributed by atoms with Crippen LogP contribution in [0.15, 0.2) is 11.4 Å². The standard InChI is InChI=1S/C9H13N3O2/c1-2-12-8-7(10-11-12)6(13)3-4-9(8)5-14-9/h10-11H,2-5H2,1H3. The van der Waals surface area contributed by atoms with Crippen LogP contribution < -0.4 is 11.0 Å². The summed E-state index contributed by atoms with van der Waals surface area (Å²) in [6, 6.07) is 0. The lowest BCUT2D eigenvalue weighted by Crippen LogP contribution is -2.40. The minimum absolute atomic E-state index is 0.157. The molecule has 0 aromatic heterocycles. The zero-order valence-corrected chi connectivity index (χ0v) is 8.09. The Morgan fingerprint density at radius 1 is 1.64 bits per heavy atom. The number of allylic oxidation sites excluding steroid dienone is 1. The Labute approximate surface area is 82.0 Å². The molecule has 14 heavy (non-hydrogen) atoms. The molecule has 0 saturated carbocycles. The first-order valence-electron chi connectivity index (χ1n) is 4.98. The number of nitrogens with one attached hydrogen (secondary N) is 2. The third-order valence-electron chi connectivity index (χ3n) is 3.10. The third kappa shape index (κ3) is 0.883. The molecule has 1 fully saturated rings. The van der Waals surface area contributed by atoms with Crippen molar-refractivity contribution in [3.8, 4) is 0 Å². The van der Waals surface area contributed by atoms with E-state index in [0.717, 1.165) is 25.3 Å². The maximum atomic E-state index is 11.6. The lowest BCUT2D eigenvalue weighted by Gasteiger charge is -2.25. The molecule has 2 aliphatic heterocycles. The SMILES string of the molecule is CCN1NNC2=C1C1(CCC2=O)CO1. The number of rotatable bonds is 1. The van der Waals surface area contributed by atoms with Crippen LogP contribution in [0.2, 0.25) is 0 Å². The van der Waals surface area contributed by atoms with Gasteiger partial charge >= 0.3 is 0 Å². The van der Waals surface area contributed by atoms with Crippen LogP contribution in [0, 0.1) is 0 Å². The Morgan fingerprint density at radius 2 is 2.43 bits per heavy atom. The van der Waals surface area contributed by atoms with Crippen LogP contribution in [0.25, 0.3) is 0 Å². The quantitative estimate of drug-likeness (QED) is 0.561. The molecule has 1 spiro atoms. The van der Waals surface area contributed by atoms with Crippen LogP contribution in [0.3, 0.4) is 0 Å². The Bertz CT molecular complexity index is 333. The number of carbonyl (C=O) groups is 1. The van der Waals surface area contributed by atoms with Crippen molar-refractivity contribution in [1.29, 1.82) is 0 Å². The molecule has 5 nitrogen and oxygen atoms in total. The number of epoxide rings is 1. The number of hydrogen-bond acceptors (Lipinski definition) is 5. The Morgan fingerprint density at radius 3 is 3.07 bits per heavy atom. The van der Waals surface area contributed by atoms with Crippen molar-refractivity contribution in [3.63, 3.8) is 0 Å². The maximum Gasteiger partial charge on any atom is 0.182 e. The van der Waals surface area contributed by atoms with Gasteiger partial charge in [0, 0.05) is 13.0 Å². The number of likely N-dealkylation sites (N-methyl/N-ethyl adjacent to an activating group) is 1. The summed E-state index contributed by atoms with van der Waals surface area (Å²) in [5.41, 5.74) is 7.47. The number of carbonyl (C=O) groups excluding carboxylic acids is 1. The van der Waals surface area contributed by atoms with Gasteiger partial charge in [-0.05, 0) is 13.3 Å². The number of hydrazine groups is 2. The average molecular weight is 195 g/mol. The Balaban J connectivity index is 2.05. The highest BCUT2D eigenvalue weighted by atomic mass is 16.6. The van der Waals surface area contributed by atoms with Gasteiger partial charge in [0.2, 0.25) is 0 Å². The summed E-state index contributed by atoms with van der Waals surface area (Å²) in [7, 11) is 0. The third-order valence-corrected chi connectivity index (χ3v) is 3.10. The zero-order chi connectivity index (χ0) is 9.76. The van der Waals surface area contributed by atoms with Crippen molar-refractivity contribution < 1.29 is 9.53 Å². The van der Waals surface area contributed by atoms with Gasteiger partial charge in [0.15, 0.2) is 5.78 Å². The molecule has 3 rings (SSSR count). The second-order valence-corrected chi connectivity index (χ2v) is 3.91. The van der Waals surface area contributed by atoms with Gasteiger partial charge in [0.05, 0.1) is 12.3 Å². The predicted molar refractivity (Wildman–Crippen MR) is 48.6 cm³/mol. The first kappa shape index (κ1) is 8.26. The fourth-order valence-electron chi connectivity index (χ4n) is 2.21. The molecule has 2 N–H and O–H groups in total. The van der Waals surface area contributed by atoms with E-state index in [9.17, 15) is 4.79 Å². The maximum absolute atomic E-state index is 11.6. The van der Waals surface area contributed by atoms with Crippen LogP contribution in [0.4, 0.5) is 0 Å². The second-order valence-electron chi connectivity index (χ2n) is 3.91. The molecule has 1 atom stereocenters. The van der Waals surface area contributed by atoms with E-state index in [-0.39, 0.29) is 11.4 Å². The van der Waals surface area contributed by atoms with E-state index in [2.05, 4.69) is 11.0 Å². The summed E-state index contributed by atoms with van der Waals surface area (Å²) >= 11 is 0. The number of ketones is 1. The van der Waals surface area contributed by atoms with E-state index in [4.69, 9.17) is 4.74 Å². The molecule has 2 heterocycles. The summed E-state index contributed by atoms with van der Waals surface area (Å²) in [6.45, 7) is 3.61. The number of fused-ring (bicyclic) bond motifs is 1. The molecule has 5 heteroatoms. The molecule has 1 aliphatic carbocycles. The smallest absolute Gasteiger partial charge is 0.182 e. The minimum atomic E-state index is -0.157. The molecule has 0 bridgehead atoms. The van der Waals surface area contributed by atoms with Crippen molar-refractivity contribution >= 4 is 5.78 Å². The van der Waals surface area contributed by atoms with Crippen LogP contribution in [-0.2, 0) is 9.53 Å². The minimum Gasteiger partial charge on any atom is -0.363 e. The molecule has 76 valence electrons. The molecular formula is C9H13N3O2. The van der Waals surface area contributed by atoms with Crippen molar-refractivity contribution in [2.24, 2.45) is 0 Å². The van der Waals surface area contributed by atoms with E-state index in [0.29, 0.717) is 12.1 Å². The van der Waals surface area contributed by atoms with E-state index in [1.165, 1.54) is 0 Å². The highest BCUT2D eigenvalue weighted by molar-refractivity contribution is 5.97. The first-order chi connectivity index (χ1) is 6.77. The predicted octanol–water partition coefficient (Wildman–Crippen LogP) is -0.325. The Kier molecular flexibility index (Phi) is 1.47. The van der Waals surface area contributed by atoms with Gasteiger partial charge in [-0.1, -0.05) is 0 Å². The monoisotopic (exact) mass is 195 g/mol. The molecule has 3 aliphatic rings. The van der Waals surface area contributed by atoms with E-state index in [1.54, 1.807) is 0 Å². The second kappa shape index (κ2) is 2.49. The van der Waals surface area contributed by atoms with Crippen LogP contribution in [0.5, 0.6) is 0 Å². The summed E-state index contributed by atoms with van der Waals surface area (Å²) in [6.07, 6.45) is 1.41. The van der Waals surface area contributed by atoms with Crippen molar-refractivity contribution in [3.05, 3.63) is 11.4 Å². The van der Waals surface area contributed by atoms with Gasteiger partial charge < -0.3 is 4.74 Å². The van der Waals surface area contributed by atoms with E-state index < -0.39 is 0 Å². The van der Waals surface area contributed by atoms with Crippen molar-refractivity contribution in [2.45, 2.75) is 25.4 Å². The summed E-state index contributed by atoms with van der Waals surface area (Å²) < 4.78 is 5.50. The van der Waals surface area contributed by atoms with E-state index in [1.807, 2.05) is 11.9 Å². The van der Waals surface area contributed by atoms with Gasteiger partial charge in [0.25, 0.3) is 0 Å². The van der Waals surface area contributed by atoms with Gasteiger partial charge in [-0.3, -0.25) is 15.2 Å². The molecule has 0 amide bonds. The number of nitrogens with zero attached hydrogens (tertiary/aromatic N) is 1. The highest BCUT2D eigenvalue weighted by Crippen LogP contribution is 2.45. The van der Waals surface area contributed by atoms with Gasteiger partial charge in [-0.15, -0.1) is 5.53 Å². The topological polar surface area (TPSA) is 56.9 Å². The molecular weight excluding hydrogens is 182 g/mol.